The molecule has 11 heteroatoms. The molecule has 2 aliphatic carbocycles. The van der Waals surface area contributed by atoms with Crippen LogP contribution in [0.15, 0.2) is 23.1 Å². The Morgan fingerprint density at radius 2 is 2.03 bits per heavy atom. The maximum atomic E-state index is 12.9. The first kappa shape index (κ1) is 21.7. The van der Waals surface area contributed by atoms with E-state index in [-0.39, 0.29) is 34.4 Å². The summed E-state index contributed by atoms with van der Waals surface area (Å²) >= 11 is 6.00. The predicted octanol–water partition coefficient (Wildman–Crippen LogP) is 3.40. The quantitative estimate of drug-likeness (QED) is 0.716. The van der Waals surface area contributed by atoms with Gasteiger partial charge in [-0.25, -0.2) is 8.42 Å². The van der Waals surface area contributed by atoms with E-state index in [0.717, 1.165) is 18.2 Å². The zero-order chi connectivity index (χ0) is 21.4. The van der Waals surface area contributed by atoms with E-state index in [0.29, 0.717) is 19.3 Å². The Labute approximate surface area is 170 Å². The molecule has 0 aliphatic heterocycles. The van der Waals surface area contributed by atoms with Gasteiger partial charge in [0.2, 0.25) is 5.91 Å². The molecule has 3 rings (SSSR count). The summed E-state index contributed by atoms with van der Waals surface area (Å²) in [6, 6.07) is 5.32. The highest BCUT2D eigenvalue weighted by Crippen LogP contribution is 2.39. The summed E-state index contributed by atoms with van der Waals surface area (Å²) in [5, 5.41) is 10.7. The van der Waals surface area contributed by atoms with Gasteiger partial charge in [0.25, 0.3) is 0 Å². The minimum atomic E-state index is -4.53. The molecule has 1 amide bonds. The molecule has 0 spiro atoms. The molecule has 158 valence electrons. The molecule has 2 saturated carbocycles. The van der Waals surface area contributed by atoms with E-state index >= 15 is 0 Å². The fraction of sp³-hybridized carbons (Fsp3) is 0.556. The molecule has 1 aromatic rings. The normalized spacial score (nSPS) is 23.3. The Morgan fingerprint density at radius 1 is 1.34 bits per heavy atom. The molecule has 0 bridgehead atoms. The molecule has 6 nitrogen and oxygen atoms in total. The molecular weight excluding hydrogens is 433 g/mol. The average Bonchev–Trinajstić information content (AvgIpc) is 3.21. The minimum absolute atomic E-state index is 0.0956. The van der Waals surface area contributed by atoms with Crippen LogP contribution in [-0.2, 0) is 14.6 Å². The van der Waals surface area contributed by atoms with Gasteiger partial charge >= 0.3 is 6.18 Å². The highest BCUT2D eigenvalue weighted by Gasteiger charge is 2.47. The van der Waals surface area contributed by atoms with Crippen LogP contribution < -0.4 is 10.1 Å². The van der Waals surface area contributed by atoms with Gasteiger partial charge in [-0.1, -0.05) is 11.6 Å². The number of carbonyl (C=O) groups excluding carboxylic acids is 1. The van der Waals surface area contributed by atoms with E-state index in [1.165, 1.54) is 0 Å². The van der Waals surface area contributed by atoms with Gasteiger partial charge in [0, 0.05) is 12.0 Å². The first-order chi connectivity index (χ1) is 13.5. The summed E-state index contributed by atoms with van der Waals surface area (Å²) in [6.45, 7) is -1.51. The average molecular weight is 451 g/mol. The largest absolute Gasteiger partial charge is 0.484 e. The SMILES string of the molecule is N#CC1(NC(=O)C2CCC(S(=O)(=O)c3ccc(OCC(F)(F)F)cc3Cl)C2)CC1. The van der Waals surface area contributed by atoms with Crippen molar-refractivity contribution in [2.45, 2.75) is 54.0 Å². The van der Waals surface area contributed by atoms with Crippen LogP contribution in [0, 0.1) is 17.2 Å². The summed E-state index contributed by atoms with van der Waals surface area (Å²) in [6.07, 6.45) is -2.64. The Morgan fingerprint density at radius 3 is 2.59 bits per heavy atom. The number of alkyl halides is 3. The number of nitriles is 1. The van der Waals surface area contributed by atoms with Crippen molar-refractivity contribution < 1.29 is 31.1 Å². The molecule has 2 unspecified atom stereocenters. The summed E-state index contributed by atoms with van der Waals surface area (Å²) < 4.78 is 67.1. The van der Waals surface area contributed by atoms with Crippen LogP contribution in [0.2, 0.25) is 5.02 Å². The zero-order valence-electron chi connectivity index (χ0n) is 15.1. The van der Waals surface area contributed by atoms with Crippen molar-refractivity contribution in [3.05, 3.63) is 23.2 Å². The van der Waals surface area contributed by atoms with Crippen LogP contribution in [-0.4, -0.2) is 37.9 Å². The highest BCUT2D eigenvalue weighted by molar-refractivity contribution is 7.92. The lowest BCUT2D eigenvalue weighted by atomic mass is 10.1. The second kappa shape index (κ2) is 7.69. The fourth-order valence-electron chi connectivity index (χ4n) is 3.33. The second-order valence-corrected chi connectivity index (χ2v) is 9.96. The summed E-state index contributed by atoms with van der Waals surface area (Å²) in [4.78, 5) is 12.1. The van der Waals surface area contributed by atoms with E-state index in [1.54, 1.807) is 0 Å². The predicted molar refractivity (Wildman–Crippen MR) is 97.0 cm³/mol. The Balaban J connectivity index is 1.68. The zero-order valence-corrected chi connectivity index (χ0v) is 16.7. The van der Waals surface area contributed by atoms with Gasteiger partial charge in [-0.2, -0.15) is 18.4 Å². The van der Waals surface area contributed by atoms with Crippen LogP contribution in [0.4, 0.5) is 13.2 Å². The molecule has 0 saturated heterocycles. The van der Waals surface area contributed by atoms with E-state index in [2.05, 4.69) is 16.1 Å². The third kappa shape index (κ3) is 4.95. The molecule has 2 atom stereocenters. The van der Waals surface area contributed by atoms with E-state index < -0.39 is 39.3 Å². The smallest absolute Gasteiger partial charge is 0.422 e. The molecule has 1 N–H and O–H groups in total. The topological polar surface area (TPSA) is 96.3 Å². The van der Waals surface area contributed by atoms with E-state index in [9.17, 15) is 26.4 Å². The van der Waals surface area contributed by atoms with Gasteiger partial charge in [-0.15, -0.1) is 0 Å². The first-order valence-corrected chi connectivity index (χ1v) is 10.8. The number of sulfone groups is 1. The van der Waals surface area contributed by atoms with Gasteiger partial charge < -0.3 is 10.1 Å². The van der Waals surface area contributed by atoms with E-state index in [4.69, 9.17) is 16.9 Å². The van der Waals surface area contributed by atoms with Gasteiger partial charge in [-0.3, -0.25) is 4.79 Å². The van der Waals surface area contributed by atoms with Crippen molar-refractivity contribution in [3.8, 4) is 11.8 Å². The summed E-state index contributed by atoms with van der Waals surface area (Å²) in [5.74, 6) is -1.04. The minimum Gasteiger partial charge on any atom is -0.484 e. The van der Waals surface area contributed by atoms with Gasteiger partial charge in [0.1, 0.15) is 11.3 Å². The monoisotopic (exact) mass is 450 g/mol. The summed E-state index contributed by atoms with van der Waals surface area (Å²) in [7, 11) is -3.88. The van der Waals surface area contributed by atoms with Crippen molar-refractivity contribution in [2.24, 2.45) is 5.92 Å². The number of halogens is 4. The molecule has 0 heterocycles. The fourth-order valence-corrected chi connectivity index (χ4v) is 5.71. The number of nitrogens with one attached hydrogen (secondary N) is 1. The van der Waals surface area contributed by atoms with Gasteiger partial charge in [0.05, 0.1) is 21.2 Å². The van der Waals surface area contributed by atoms with Crippen molar-refractivity contribution in [1.29, 1.82) is 5.26 Å². The molecule has 0 radical (unpaired) electrons. The molecule has 29 heavy (non-hydrogen) atoms. The molecule has 0 aromatic heterocycles. The number of ether oxygens (including phenoxy) is 1. The lowest BCUT2D eigenvalue weighted by Crippen LogP contribution is -2.39. The lowest BCUT2D eigenvalue weighted by Gasteiger charge is -2.16. The maximum Gasteiger partial charge on any atom is 0.422 e. The Bertz CT molecular complexity index is 955. The Kier molecular flexibility index (Phi) is 5.75. The lowest BCUT2D eigenvalue weighted by molar-refractivity contribution is -0.153. The van der Waals surface area contributed by atoms with Crippen molar-refractivity contribution >= 4 is 27.3 Å². The number of carbonyl (C=O) groups is 1. The first-order valence-electron chi connectivity index (χ1n) is 8.92. The third-order valence-electron chi connectivity index (χ3n) is 5.13. The number of benzene rings is 1. The molecular formula is C18H18ClF3N2O4S. The van der Waals surface area contributed by atoms with Crippen LogP contribution in [0.25, 0.3) is 0 Å². The number of hydrogen-bond acceptors (Lipinski definition) is 5. The molecule has 2 fully saturated rings. The standard InChI is InChI=1S/C18H18ClF3N2O4S/c19-14-8-12(28-10-18(20,21)22)2-4-15(14)29(26,27)13-3-1-11(7-13)16(25)24-17(9-23)5-6-17/h2,4,8,11,13H,1,3,5-7,10H2,(H,24,25). The second-order valence-electron chi connectivity index (χ2n) is 7.36. The molecule has 1 aromatic carbocycles. The summed E-state index contributed by atoms with van der Waals surface area (Å²) in [5.41, 5.74) is -0.816. The Hall–Kier alpha value is -1.99. The third-order valence-corrected chi connectivity index (χ3v) is 7.83. The van der Waals surface area contributed by atoms with Crippen LogP contribution in [0.3, 0.4) is 0 Å². The van der Waals surface area contributed by atoms with E-state index in [1.807, 2.05) is 0 Å². The number of hydrogen-bond donors (Lipinski definition) is 1. The number of amides is 1. The van der Waals surface area contributed by atoms with Gasteiger partial charge in [-0.05, 0) is 44.2 Å². The maximum absolute atomic E-state index is 12.9. The highest BCUT2D eigenvalue weighted by atomic mass is 35.5. The number of rotatable bonds is 6. The number of nitrogens with zero attached hydrogens (tertiary/aromatic N) is 1. The van der Waals surface area contributed by atoms with Crippen molar-refractivity contribution in [2.75, 3.05) is 6.61 Å². The van der Waals surface area contributed by atoms with Crippen molar-refractivity contribution in [3.63, 3.8) is 0 Å². The van der Waals surface area contributed by atoms with Crippen LogP contribution in [0.1, 0.15) is 32.1 Å². The van der Waals surface area contributed by atoms with Gasteiger partial charge in [0.15, 0.2) is 16.4 Å². The van der Waals surface area contributed by atoms with Crippen LogP contribution in [0.5, 0.6) is 5.75 Å². The van der Waals surface area contributed by atoms with Crippen molar-refractivity contribution in [1.82, 2.24) is 5.32 Å². The van der Waals surface area contributed by atoms with Crippen LogP contribution >= 0.6 is 11.6 Å². The molecule has 2 aliphatic rings.